The fourth-order valence-electron chi connectivity index (χ4n) is 4.78. The van der Waals surface area contributed by atoms with E-state index in [1.54, 1.807) is 25.6 Å². The lowest BCUT2D eigenvalue weighted by Gasteiger charge is -2.25. The van der Waals surface area contributed by atoms with Gasteiger partial charge in [-0.15, -0.1) is 23.5 Å². The number of nitrogens with one attached hydrogen (secondary N) is 5. The van der Waals surface area contributed by atoms with Gasteiger partial charge in [-0.3, -0.25) is 28.8 Å². The highest BCUT2D eigenvalue weighted by atomic mass is 32.2. The van der Waals surface area contributed by atoms with Crippen molar-refractivity contribution in [2.24, 2.45) is 11.3 Å². The number of rotatable bonds is 34. The molecule has 7 N–H and O–H groups in total. The highest BCUT2D eigenvalue weighted by molar-refractivity contribution is 8.00. The van der Waals surface area contributed by atoms with E-state index in [-0.39, 0.29) is 72.8 Å². The van der Waals surface area contributed by atoms with Crippen molar-refractivity contribution in [1.29, 1.82) is 0 Å². The van der Waals surface area contributed by atoms with Crippen molar-refractivity contribution < 1.29 is 53.2 Å². The third-order valence-electron chi connectivity index (χ3n) is 8.39. The second-order valence-electron chi connectivity index (χ2n) is 14.9. The molecule has 324 valence electrons. The lowest BCUT2D eigenvalue weighted by atomic mass is 9.86. The molecular formula is C38H69N5O11S2. The zero-order valence-corrected chi connectivity index (χ0v) is 36.1. The van der Waals surface area contributed by atoms with E-state index in [2.05, 4.69) is 26.6 Å². The highest BCUT2D eigenvalue weighted by Crippen LogP contribution is 2.23. The first kappa shape index (κ1) is 52.9. The topological polar surface area (TPSA) is 239 Å². The SMILES string of the molecule is CC(CCOCCOCCC(=O)NCCCC[C@H](NC(=O)C(C)(C)CCC(=O)O)C(=O)O)CNC(=O)[C@H](CCCNC(=O)CSC(C)C)NC(=O)CSC(C)C. The van der Waals surface area contributed by atoms with E-state index in [1.165, 1.54) is 11.8 Å². The van der Waals surface area contributed by atoms with Crippen LogP contribution < -0.4 is 26.6 Å². The summed E-state index contributed by atoms with van der Waals surface area (Å²) in [6, 6.07) is -1.81. The molecule has 0 aliphatic carbocycles. The van der Waals surface area contributed by atoms with Gasteiger partial charge >= 0.3 is 11.9 Å². The number of carboxylic acid groups (broad SMARTS) is 2. The Hall–Kier alpha value is -3.09. The average molecular weight is 836 g/mol. The van der Waals surface area contributed by atoms with Crippen molar-refractivity contribution in [3.05, 3.63) is 0 Å². The first-order valence-electron chi connectivity index (χ1n) is 19.6. The Morgan fingerprint density at radius 3 is 1.80 bits per heavy atom. The highest BCUT2D eigenvalue weighted by Gasteiger charge is 2.31. The summed E-state index contributed by atoms with van der Waals surface area (Å²) in [5.74, 6) is -2.68. The molecule has 0 aromatic heterocycles. The van der Waals surface area contributed by atoms with Gasteiger partial charge in [-0.1, -0.05) is 48.5 Å². The van der Waals surface area contributed by atoms with Gasteiger partial charge in [0.05, 0.1) is 31.3 Å². The van der Waals surface area contributed by atoms with Crippen molar-refractivity contribution in [3.8, 4) is 0 Å². The van der Waals surface area contributed by atoms with Crippen LogP contribution in [0.3, 0.4) is 0 Å². The number of aliphatic carboxylic acids is 2. The van der Waals surface area contributed by atoms with E-state index in [9.17, 15) is 38.7 Å². The summed E-state index contributed by atoms with van der Waals surface area (Å²) in [7, 11) is 0. The monoisotopic (exact) mass is 835 g/mol. The van der Waals surface area contributed by atoms with E-state index in [1.807, 2.05) is 34.6 Å². The number of hydrogen-bond donors (Lipinski definition) is 7. The van der Waals surface area contributed by atoms with Crippen LogP contribution in [-0.2, 0) is 43.0 Å². The number of carboxylic acids is 2. The van der Waals surface area contributed by atoms with Crippen LogP contribution in [0.2, 0.25) is 0 Å². The Morgan fingerprint density at radius 2 is 1.20 bits per heavy atom. The quantitative estimate of drug-likeness (QED) is 0.0463. The summed E-state index contributed by atoms with van der Waals surface area (Å²) in [5.41, 5.74) is -1.02. The van der Waals surface area contributed by atoms with E-state index >= 15 is 0 Å². The molecular weight excluding hydrogens is 767 g/mol. The van der Waals surface area contributed by atoms with Crippen molar-refractivity contribution in [1.82, 2.24) is 26.6 Å². The molecule has 0 saturated carbocycles. The Labute approximate surface area is 341 Å². The number of carbonyl (C=O) groups is 7. The molecule has 0 aliphatic rings. The molecule has 0 aliphatic heterocycles. The zero-order valence-electron chi connectivity index (χ0n) is 34.5. The Balaban J connectivity index is 4.27. The summed E-state index contributed by atoms with van der Waals surface area (Å²) in [6.07, 6.45) is 2.80. The number of amides is 5. The normalized spacial score (nSPS) is 13.1. The maximum absolute atomic E-state index is 13.0. The zero-order chi connectivity index (χ0) is 42.5. The molecule has 56 heavy (non-hydrogen) atoms. The Morgan fingerprint density at radius 1 is 0.625 bits per heavy atom. The van der Waals surface area contributed by atoms with E-state index in [0.29, 0.717) is 82.6 Å². The van der Waals surface area contributed by atoms with Gasteiger partial charge < -0.3 is 46.3 Å². The van der Waals surface area contributed by atoms with Crippen LogP contribution in [0.15, 0.2) is 0 Å². The van der Waals surface area contributed by atoms with E-state index in [0.717, 1.165) is 0 Å². The maximum atomic E-state index is 13.0. The number of thioether (sulfide) groups is 2. The molecule has 0 bridgehead atoms. The number of hydrogen-bond acceptors (Lipinski definition) is 11. The minimum absolute atomic E-state index is 0.0478. The third-order valence-corrected chi connectivity index (χ3v) is 10.6. The van der Waals surface area contributed by atoms with Gasteiger partial charge in [0.2, 0.25) is 29.5 Å². The maximum Gasteiger partial charge on any atom is 0.326 e. The summed E-state index contributed by atoms with van der Waals surface area (Å²) in [4.78, 5) is 84.6. The number of carbonyl (C=O) groups excluding carboxylic acids is 5. The lowest BCUT2D eigenvalue weighted by molar-refractivity contribution is -0.144. The number of ether oxygens (including phenoxy) is 2. The standard InChI is InChI=1S/C38H69N5O11S2/c1-26(2)55-24-32(45)40-18-10-12-29(42-33(46)25-56-27(3)4)35(49)41-23-28(5)14-19-53-21-22-54-20-15-31(44)39-17-9-8-11-30(36(50)51)43-37(52)38(6,7)16-13-34(47)48/h26-30H,8-25H2,1-7H3,(H,39,44)(H,40,45)(H,41,49)(H,42,46)(H,43,52)(H,47,48)(H,50,51)/t28?,29-,30-/m0/s1. The molecule has 16 nitrogen and oxygen atoms in total. The first-order valence-corrected chi connectivity index (χ1v) is 21.7. The predicted molar refractivity (Wildman–Crippen MR) is 219 cm³/mol. The average Bonchev–Trinajstić information content (AvgIpc) is 3.12. The molecule has 0 saturated heterocycles. The van der Waals surface area contributed by atoms with Crippen molar-refractivity contribution in [2.45, 2.75) is 129 Å². The first-order chi connectivity index (χ1) is 26.3. The second-order valence-corrected chi connectivity index (χ2v) is 18.1. The van der Waals surface area contributed by atoms with Gasteiger partial charge in [0, 0.05) is 44.5 Å². The van der Waals surface area contributed by atoms with Gasteiger partial charge in [-0.05, 0) is 61.4 Å². The molecule has 0 fully saturated rings. The molecule has 5 amide bonds. The van der Waals surface area contributed by atoms with Crippen LogP contribution in [0.25, 0.3) is 0 Å². The predicted octanol–water partition coefficient (Wildman–Crippen LogP) is 2.96. The minimum atomic E-state index is -1.18. The fourth-order valence-corrected chi connectivity index (χ4v) is 5.93. The molecule has 3 atom stereocenters. The van der Waals surface area contributed by atoms with Crippen LogP contribution in [0.1, 0.15) is 106 Å². The summed E-state index contributed by atoms with van der Waals surface area (Å²) in [5, 5.41) is 32.9. The van der Waals surface area contributed by atoms with Crippen LogP contribution >= 0.6 is 23.5 Å². The molecule has 0 radical (unpaired) electrons. The summed E-state index contributed by atoms with van der Waals surface area (Å²) < 4.78 is 11.1. The second kappa shape index (κ2) is 31.0. The van der Waals surface area contributed by atoms with Crippen LogP contribution in [0.5, 0.6) is 0 Å². The molecule has 0 spiro atoms. The van der Waals surface area contributed by atoms with Crippen molar-refractivity contribution in [2.75, 3.05) is 57.6 Å². The van der Waals surface area contributed by atoms with Crippen LogP contribution in [0, 0.1) is 11.3 Å². The van der Waals surface area contributed by atoms with E-state index in [4.69, 9.17) is 14.6 Å². The van der Waals surface area contributed by atoms with Crippen LogP contribution in [0.4, 0.5) is 0 Å². The lowest BCUT2D eigenvalue weighted by Crippen LogP contribution is -2.48. The van der Waals surface area contributed by atoms with Crippen molar-refractivity contribution >= 4 is 65.0 Å². The Bertz CT molecular complexity index is 1210. The third kappa shape index (κ3) is 29.2. The molecule has 0 heterocycles. The summed E-state index contributed by atoms with van der Waals surface area (Å²) >= 11 is 3.06. The molecule has 0 aromatic rings. The minimum Gasteiger partial charge on any atom is -0.481 e. The fraction of sp³-hybridized carbons (Fsp3) is 0.816. The van der Waals surface area contributed by atoms with Crippen LogP contribution in [-0.4, -0.2) is 132 Å². The van der Waals surface area contributed by atoms with Gasteiger partial charge in [0.1, 0.15) is 12.1 Å². The van der Waals surface area contributed by atoms with Gasteiger partial charge in [0.25, 0.3) is 0 Å². The molecule has 0 rings (SSSR count). The molecule has 18 heteroatoms. The molecule has 1 unspecified atom stereocenters. The van der Waals surface area contributed by atoms with Gasteiger partial charge in [-0.25, -0.2) is 4.79 Å². The van der Waals surface area contributed by atoms with Crippen molar-refractivity contribution in [3.63, 3.8) is 0 Å². The molecule has 0 aromatic carbocycles. The summed E-state index contributed by atoms with van der Waals surface area (Å²) in [6.45, 7) is 15.7. The largest absolute Gasteiger partial charge is 0.481 e. The smallest absolute Gasteiger partial charge is 0.326 e. The van der Waals surface area contributed by atoms with Gasteiger partial charge in [-0.2, -0.15) is 0 Å². The number of unbranched alkanes of at least 4 members (excludes halogenated alkanes) is 1. The van der Waals surface area contributed by atoms with Gasteiger partial charge in [0.15, 0.2) is 0 Å². The van der Waals surface area contributed by atoms with E-state index < -0.39 is 35.3 Å². The Kier molecular flexibility index (Phi) is 29.3.